The lowest BCUT2D eigenvalue weighted by atomic mass is 10.0. The zero-order valence-corrected chi connectivity index (χ0v) is 13.4. The van der Waals surface area contributed by atoms with E-state index >= 15 is 0 Å². The Morgan fingerprint density at radius 2 is 2.17 bits per heavy atom. The minimum absolute atomic E-state index is 0.224. The smallest absolute Gasteiger partial charge is 0.231 e. The van der Waals surface area contributed by atoms with Gasteiger partial charge in [0.2, 0.25) is 5.72 Å². The first-order valence-corrected chi connectivity index (χ1v) is 7.63. The van der Waals surface area contributed by atoms with Crippen LogP contribution in [0.15, 0.2) is 23.5 Å². The maximum absolute atomic E-state index is 9.69. The van der Waals surface area contributed by atoms with Crippen LogP contribution >= 0.6 is 0 Å². The van der Waals surface area contributed by atoms with Gasteiger partial charge in [0.25, 0.3) is 0 Å². The van der Waals surface area contributed by atoms with Gasteiger partial charge in [0.15, 0.2) is 11.6 Å². The zero-order valence-electron chi connectivity index (χ0n) is 13.4. The van der Waals surface area contributed by atoms with E-state index in [2.05, 4.69) is 21.8 Å². The zero-order chi connectivity index (χ0) is 17.1. The molecule has 0 radical (unpaired) electrons. The number of aromatic nitrogens is 3. The van der Waals surface area contributed by atoms with E-state index in [4.69, 9.17) is 19.9 Å². The summed E-state index contributed by atoms with van der Waals surface area (Å²) >= 11 is 0. The van der Waals surface area contributed by atoms with Crippen LogP contribution in [0.25, 0.3) is 5.52 Å². The van der Waals surface area contributed by atoms with Gasteiger partial charge in [0.05, 0.1) is 6.61 Å². The molecule has 9 heteroatoms. The summed E-state index contributed by atoms with van der Waals surface area (Å²) < 4.78 is 19.6. The molecule has 24 heavy (non-hydrogen) atoms. The van der Waals surface area contributed by atoms with Crippen molar-refractivity contribution in [3.8, 4) is 0 Å². The summed E-state index contributed by atoms with van der Waals surface area (Å²) in [5.74, 6) is -0.476. The number of aliphatic imine (C=N–C) groups is 1. The molecule has 0 amide bonds. The Hall–Kier alpha value is -2.07. The van der Waals surface area contributed by atoms with Crippen LogP contribution in [0.4, 0.5) is 5.82 Å². The molecule has 128 valence electrons. The molecule has 4 heterocycles. The van der Waals surface area contributed by atoms with Gasteiger partial charge >= 0.3 is 0 Å². The second kappa shape index (κ2) is 4.96. The van der Waals surface area contributed by atoms with Crippen LogP contribution in [0.3, 0.4) is 0 Å². The van der Waals surface area contributed by atoms with Gasteiger partial charge in [-0.05, 0) is 32.7 Å². The highest BCUT2D eigenvalue weighted by Gasteiger charge is 2.64. The molecule has 9 nitrogen and oxygen atoms in total. The van der Waals surface area contributed by atoms with Crippen LogP contribution in [0.5, 0.6) is 0 Å². The second-order valence-corrected chi connectivity index (χ2v) is 6.38. The molecule has 0 bridgehead atoms. The molecule has 2 saturated heterocycles. The highest BCUT2D eigenvalue weighted by Crippen LogP contribution is 2.49. The van der Waals surface area contributed by atoms with Gasteiger partial charge < -0.3 is 25.1 Å². The summed E-state index contributed by atoms with van der Waals surface area (Å²) in [6.45, 7) is 7.09. The average molecular weight is 333 g/mol. The molecule has 3 N–H and O–H groups in total. The van der Waals surface area contributed by atoms with Crippen LogP contribution in [-0.4, -0.2) is 57.1 Å². The highest BCUT2D eigenvalue weighted by atomic mass is 16.8. The number of anilines is 1. The van der Waals surface area contributed by atoms with Gasteiger partial charge in [-0.3, -0.25) is 4.99 Å². The summed E-state index contributed by atoms with van der Waals surface area (Å²) in [5, 5.41) is 13.9. The molecule has 4 atom stereocenters. The standard InChI is InChI=1S/C15H19N5O4/c1-14(2)23-11-9(6-21)22-15(17-3,12(11)24-14)10-5-4-8-13(16)18-7-19-20(8)10/h4-5,7,9,11-12,21H,3,6H2,1-2H3,(H2,16,18,19)/t9-,11-,12-,15+/m1/s1. The predicted molar refractivity (Wildman–Crippen MR) is 84.4 cm³/mol. The van der Waals surface area contributed by atoms with Crippen molar-refractivity contribution >= 4 is 18.1 Å². The third kappa shape index (κ3) is 1.92. The number of rotatable bonds is 3. The lowest BCUT2D eigenvalue weighted by Crippen LogP contribution is -2.40. The molecule has 4 rings (SSSR count). The Bertz CT molecular complexity index is 806. The monoisotopic (exact) mass is 333 g/mol. The van der Waals surface area contributed by atoms with Crippen LogP contribution in [-0.2, 0) is 19.9 Å². The summed E-state index contributed by atoms with van der Waals surface area (Å²) in [4.78, 5) is 8.22. The molecule has 2 aromatic rings. The fourth-order valence-corrected chi connectivity index (χ4v) is 3.51. The number of nitrogen functional groups attached to an aromatic ring is 1. The third-order valence-electron chi connectivity index (χ3n) is 4.48. The second-order valence-electron chi connectivity index (χ2n) is 6.38. The molecule has 0 aliphatic carbocycles. The van der Waals surface area contributed by atoms with Crippen molar-refractivity contribution in [2.75, 3.05) is 12.3 Å². The number of aliphatic hydroxyl groups is 1. The Kier molecular flexibility index (Phi) is 3.20. The fraction of sp³-hybridized carbons (Fsp3) is 0.533. The Morgan fingerprint density at radius 3 is 2.88 bits per heavy atom. The largest absolute Gasteiger partial charge is 0.394 e. The fourth-order valence-electron chi connectivity index (χ4n) is 3.51. The number of nitrogens with two attached hydrogens (primary N) is 1. The van der Waals surface area contributed by atoms with Gasteiger partial charge in [0.1, 0.15) is 35.8 Å². The molecule has 0 aromatic carbocycles. The summed E-state index contributed by atoms with van der Waals surface area (Å²) in [5.41, 5.74) is 5.85. The predicted octanol–water partition coefficient (Wildman–Crippen LogP) is 0.0761. The minimum atomic E-state index is -1.26. The molecule has 2 aliphatic rings. The first-order valence-electron chi connectivity index (χ1n) is 7.63. The van der Waals surface area contributed by atoms with Crippen molar-refractivity contribution in [3.05, 3.63) is 24.2 Å². The van der Waals surface area contributed by atoms with E-state index in [1.165, 1.54) is 6.33 Å². The van der Waals surface area contributed by atoms with Gasteiger partial charge in [0, 0.05) is 0 Å². The number of hydrogen-bond donors (Lipinski definition) is 2. The van der Waals surface area contributed by atoms with E-state index < -0.39 is 29.8 Å². The van der Waals surface area contributed by atoms with E-state index in [9.17, 15) is 5.11 Å². The summed E-state index contributed by atoms with van der Waals surface area (Å²) in [6, 6.07) is 3.57. The quantitative estimate of drug-likeness (QED) is 0.764. The van der Waals surface area contributed by atoms with Crippen LogP contribution in [0, 0.1) is 0 Å². The van der Waals surface area contributed by atoms with Gasteiger partial charge in [-0.2, -0.15) is 5.10 Å². The molecule has 2 aromatic heterocycles. The van der Waals surface area contributed by atoms with Crippen molar-refractivity contribution in [1.82, 2.24) is 14.6 Å². The van der Waals surface area contributed by atoms with Gasteiger partial charge in [-0.25, -0.2) is 9.50 Å². The Balaban J connectivity index is 1.89. The normalized spacial score (nSPS) is 34.5. The van der Waals surface area contributed by atoms with Crippen LogP contribution < -0.4 is 5.73 Å². The summed E-state index contributed by atoms with van der Waals surface area (Å²) in [7, 11) is 0. The first kappa shape index (κ1) is 15.5. The van der Waals surface area contributed by atoms with Crippen molar-refractivity contribution in [2.45, 2.75) is 43.7 Å². The van der Waals surface area contributed by atoms with Crippen molar-refractivity contribution in [2.24, 2.45) is 4.99 Å². The van der Waals surface area contributed by atoms with Gasteiger partial charge in [-0.1, -0.05) is 0 Å². The van der Waals surface area contributed by atoms with Crippen LogP contribution in [0.1, 0.15) is 19.5 Å². The minimum Gasteiger partial charge on any atom is -0.394 e. The van der Waals surface area contributed by atoms with E-state index in [0.29, 0.717) is 17.0 Å². The van der Waals surface area contributed by atoms with E-state index in [1.807, 2.05) is 13.8 Å². The Morgan fingerprint density at radius 1 is 1.38 bits per heavy atom. The van der Waals surface area contributed by atoms with E-state index in [1.54, 1.807) is 16.6 Å². The van der Waals surface area contributed by atoms with Crippen molar-refractivity contribution in [1.29, 1.82) is 0 Å². The lowest BCUT2D eigenvalue weighted by Gasteiger charge is -2.30. The third-order valence-corrected chi connectivity index (χ3v) is 4.48. The summed E-state index contributed by atoms with van der Waals surface area (Å²) in [6.07, 6.45) is -0.280. The average Bonchev–Trinajstić information content (AvgIpc) is 3.18. The molecule has 2 aliphatic heterocycles. The molecule has 0 saturated carbocycles. The molecule has 0 unspecified atom stereocenters. The SMILES string of the molecule is C=N[C@@]1(c2ccc3c(N)ncnn23)O[C@H](CO)[C@H]2OC(C)(C)O[C@H]21. The number of hydrogen-bond acceptors (Lipinski definition) is 8. The number of fused-ring (bicyclic) bond motifs is 2. The van der Waals surface area contributed by atoms with Gasteiger partial charge in [-0.15, -0.1) is 0 Å². The maximum Gasteiger partial charge on any atom is 0.231 e. The highest BCUT2D eigenvalue weighted by molar-refractivity contribution is 5.65. The van der Waals surface area contributed by atoms with Crippen molar-refractivity contribution in [3.63, 3.8) is 0 Å². The van der Waals surface area contributed by atoms with Crippen molar-refractivity contribution < 1.29 is 19.3 Å². The first-order chi connectivity index (χ1) is 11.4. The molecule has 2 fully saturated rings. The Labute approximate surface area is 138 Å². The lowest BCUT2D eigenvalue weighted by molar-refractivity contribution is -0.214. The number of aliphatic hydroxyl groups excluding tert-OH is 1. The maximum atomic E-state index is 9.69. The molecular weight excluding hydrogens is 314 g/mol. The molecular formula is C15H19N5O4. The topological polar surface area (TPSA) is 116 Å². The number of nitrogens with zero attached hydrogens (tertiary/aromatic N) is 4. The molecule has 0 spiro atoms. The van der Waals surface area contributed by atoms with E-state index in [0.717, 1.165) is 0 Å². The van der Waals surface area contributed by atoms with E-state index in [-0.39, 0.29) is 6.61 Å². The van der Waals surface area contributed by atoms with Crippen LogP contribution in [0.2, 0.25) is 0 Å². The number of ether oxygens (including phenoxy) is 3.